The Morgan fingerprint density at radius 1 is 1.31 bits per heavy atom. The van der Waals surface area contributed by atoms with Gasteiger partial charge in [-0.15, -0.1) is 0 Å². The molecule has 8 nitrogen and oxygen atoms in total. The van der Waals surface area contributed by atoms with E-state index < -0.39 is 0 Å². The number of rotatable bonds is 4. The lowest BCUT2D eigenvalue weighted by atomic mass is 10.1. The van der Waals surface area contributed by atoms with Crippen LogP contribution in [0.15, 0.2) is 29.3 Å². The molecule has 9 heteroatoms. The maximum absolute atomic E-state index is 12.8. The molecule has 0 saturated heterocycles. The van der Waals surface area contributed by atoms with Gasteiger partial charge in [-0.25, -0.2) is 5.01 Å². The molecule has 1 aromatic heterocycles. The van der Waals surface area contributed by atoms with Gasteiger partial charge in [0.1, 0.15) is 4.99 Å². The number of amides is 1. The molecule has 0 radical (unpaired) electrons. The summed E-state index contributed by atoms with van der Waals surface area (Å²) in [4.78, 5) is 26.5. The fourth-order valence-corrected chi connectivity index (χ4v) is 2.78. The molecule has 2 N–H and O–H groups in total. The molecular formula is C17H21N7OS. The van der Waals surface area contributed by atoms with E-state index in [0.29, 0.717) is 47.7 Å². The van der Waals surface area contributed by atoms with Gasteiger partial charge in [-0.05, 0) is 32.9 Å². The molecule has 0 unspecified atom stereocenters. The highest BCUT2D eigenvalue weighted by Crippen LogP contribution is 2.16. The first-order chi connectivity index (χ1) is 12.5. The monoisotopic (exact) mass is 371 g/mol. The van der Waals surface area contributed by atoms with Gasteiger partial charge in [-0.1, -0.05) is 29.9 Å². The van der Waals surface area contributed by atoms with Crippen molar-refractivity contribution in [3.8, 4) is 0 Å². The van der Waals surface area contributed by atoms with Gasteiger partial charge in [-0.2, -0.15) is 9.97 Å². The van der Waals surface area contributed by atoms with E-state index in [1.165, 1.54) is 5.01 Å². The summed E-state index contributed by atoms with van der Waals surface area (Å²) in [5, 5.41) is 4.43. The Morgan fingerprint density at radius 2 is 2.04 bits per heavy atom. The number of carbonyl (C=O) groups excluding carboxylic acids is 1. The van der Waals surface area contributed by atoms with E-state index in [1.807, 2.05) is 32.9 Å². The van der Waals surface area contributed by atoms with Gasteiger partial charge in [0.25, 0.3) is 5.91 Å². The van der Waals surface area contributed by atoms with Crippen LogP contribution in [0.5, 0.6) is 0 Å². The molecule has 2 aromatic rings. The van der Waals surface area contributed by atoms with Crippen molar-refractivity contribution in [1.29, 1.82) is 0 Å². The van der Waals surface area contributed by atoms with Gasteiger partial charge in [-0.3, -0.25) is 19.8 Å². The zero-order valence-electron chi connectivity index (χ0n) is 15.0. The minimum absolute atomic E-state index is 0.223. The number of hydrogen-bond acceptors (Lipinski definition) is 7. The van der Waals surface area contributed by atoms with Crippen molar-refractivity contribution in [3.63, 3.8) is 0 Å². The summed E-state index contributed by atoms with van der Waals surface area (Å²) in [5.74, 6) is 0.699. The van der Waals surface area contributed by atoms with Gasteiger partial charge in [0.05, 0.1) is 6.54 Å². The van der Waals surface area contributed by atoms with Gasteiger partial charge in [0, 0.05) is 18.7 Å². The minimum Gasteiger partial charge on any atom is -0.354 e. The summed E-state index contributed by atoms with van der Waals surface area (Å²) in [5.41, 5.74) is 5.17. The van der Waals surface area contributed by atoms with E-state index in [4.69, 9.17) is 12.2 Å². The van der Waals surface area contributed by atoms with Crippen molar-refractivity contribution in [2.45, 2.75) is 27.3 Å². The molecule has 1 amide bonds. The Morgan fingerprint density at radius 3 is 2.69 bits per heavy atom. The first-order valence-electron chi connectivity index (χ1n) is 8.47. The Balaban J connectivity index is 1.98. The average Bonchev–Trinajstić information content (AvgIpc) is 2.62. The predicted octanol–water partition coefficient (Wildman–Crippen LogP) is 1.75. The highest BCUT2D eigenvalue weighted by Gasteiger charge is 2.27. The molecule has 0 saturated carbocycles. The zero-order chi connectivity index (χ0) is 18.7. The smallest absolute Gasteiger partial charge is 0.277 e. The van der Waals surface area contributed by atoms with Crippen LogP contribution in [-0.4, -0.2) is 43.5 Å². The number of anilines is 2. The Bertz CT molecular complexity index is 904. The molecule has 2 heterocycles. The second kappa shape index (κ2) is 7.61. The zero-order valence-corrected chi connectivity index (χ0v) is 15.8. The highest BCUT2D eigenvalue weighted by molar-refractivity contribution is 7.80. The largest absolute Gasteiger partial charge is 0.354 e. The lowest BCUT2D eigenvalue weighted by Crippen LogP contribution is -2.50. The number of nitrogens with one attached hydrogen (secondary N) is 2. The van der Waals surface area contributed by atoms with Crippen molar-refractivity contribution in [2.24, 2.45) is 4.99 Å². The Labute approximate surface area is 157 Å². The summed E-state index contributed by atoms with van der Waals surface area (Å²) in [7, 11) is 0. The second-order valence-electron chi connectivity index (χ2n) is 5.77. The van der Waals surface area contributed by atoms with E-state index in [-0.39, 0.29) is 5.91 Å². The predicted molar refractivity (Wildman–Crippen MR) is 104 cm³/mol. The summed E-state index contributed by atoms with van der Waals surface area (Å²) in [6, 6.07) is 7.36. The summed E-state index contributed by atoms with van der Waals surface area (Å²) < 4.78 is 1.77. The van der Waals surface area contributed by atoms with E-state index >= 15 is 0 Å². The Hall–Kier alpha value is -2.81. The van der Waals surface area contributed by atoms with Crippen LogP contribution in [0.4, 0.5) is 11.9 Å². The second-order valence-corrected chi connectivity index (χ2v) is 6.25. The van der Waals surface area contributed by atoms with E-state index in [1.54, 1.807) is 16.7 Å². The number of hydrazine groups is 1. The van der Waals surface area contributed by atoms with Crippen LogP contribution in [0.2, 0.25) is 0 Å². The minimum atomic E-state index is -0.223. The van der Waals surface area contributed by atoms with Gasteiger partial charge < -0.3 is 5.32 Å². The van der Waals surface area contributed by atoms with Gasteiger partial charge >= 0.3 is 0 Å². The maximum Gasteiger partial charge on any atom is 0.277 e. The number of aryl methyl sites for hydroxylation is 1. The summed E-state index contributed by atoms with van der Waals surface area (Å²) in [6.45, 7) is 7.44. The van der Waals surface area contributed by atoms with Crippen LogP contribution in [0.25, 0.3) is 0 Å². The molecule has 0 spiro atoms. The van der Waals surface area contributed by atoms with Crippen molar-refractivity contribution in [3.05, 3.63) is 41.0 Å². The fraction of sp³-hybridized carbons (Fsp3) is 0.353. The van der Waals surface area contributed by atoms with Crippen molar-refractivity contribution in [1.82, 2.24) is 19.5 Å². The third kappa shape index (κ3) is 3.57. The topological polar surface area (TPSA) is 87.4 Å². The molecule has 1 aliphatic rings. The molecule has 136 valence electrons. The van der Waals surface area contributed by atoms with Gasteiger partial charge in [0.15, 0.2) is 0 Å². The number of hydrogen-bond donors (Lipinski definition) is 2. The molecule has 1 aliphatic heterocycles. The van der Waals surface area contributed by atoms with Crippen LogP contribution in [0.1, 0.15) is 29.8 Å². The van der Waals surface area contributed by atoms with Crippen molar-refractivity contribution < 1.29 is 4.79 Å². The molecular weight excluding hydrogens is 350 g/mol. The number of aromatic nitrogens is 3. The lowest BCUT2D eigenvalue weighted by Gasteiger charge is -2.31. The van der Waals surface area contributed by atoms with Crippen LogP contribution >= 0.6 is 12.2 Å². The lowest BCUT2D eigenvalue weighted by molar-refractivity contribution is 0.0864. The van der Waals surface area contributed by atoms with E-state index in [2.05, 4.69) is 25.7 Å². The number of fused-ring (bicyclic) bond motifs is 1. The molecule has 0 bridgehead atoms. The first kappa shape index (κ1) is 18.0. The summed E-state index contributed by atoms with van der Waals surface area (Å²) in [6.07, 6.45) is 0. The third-order valence-corrected chi connectivity index (χ3v) is 4.12. The average molecular weight is 371 g/mol. The maximum atomic E-state index is 12.8. The van der Waals surface area contributed by atoms with Crippen LogP contribution < -0.4 is 16.4 Å². The molecule has 0 atom stereocenters. The number of nitrogens with zero attached hydrogens (tertiary/aromatic N) is 5. The third-order valence-electron chi connectivity index (χ3n) is 3.81. The molecule has 0 fully saturated rings. The van der Waals surface area contributed by atoms with Crippen molar-refractivity contribution in [2.75, 3.05) is 23.8 Å². The van der Waals surface area contributed by atoms with Crippen LogP contribution in [-0.2, 0) is 6.54 Å². The van der Waals surface area contributed by atoms with E-state index in [9.17, 15) is 4.79 Å². The SMILES string of the molecule is CCN=c1nc(NCC)nc2n1CC(=S)N(C(=O)c1ccc(C)cc1)N2. The van der Waals surface area contributed by atoms with Crippen molar-refractivity contribution >= 4 is 35.0 Å². The number of carbonyl (C=O) groups is 1. The molecule has 1 aromatic carbocycles. The first-order valence-corrected chi connectivity index (χ1v) is 8.88. The quantitative estimate of drug-likeness (QED) is 0.796. The Kier molecular flexibility index (Phi) is 5.27. The van der Waals surface area contributed by atoms with Gasteiger partial charge in [0.2, 0.25) is 17.5 Å². The summed E-state index contributed by atoms with van der Waals surface area (Å²) >= 11 is 5.44. The molecule has 3 rings (SSSR count). The van der Waals surface area contributed by atoms with E-state index in [0.717, 1.165) is 5.56 Å². The normalized spacial score (nSPS) is 14.0. The number of thiocarbonyl (C=S) groups is 1. The van der Waals surface area contributed by atoms with Crippen LogP contribution in [0.3, 0.4) is 0 Å². The molecule has 26 heavy (non-hydrogen) atoms. The number of benzene rings is 1. The van der Waals surface area contributed by atoms with Crippen LogP contribution in [0, 0.1) is 6.92 Å². The standard InChI is InChI=1S/C17H21N7OS/c1-4-18-15-20-16(19-5-2)23-10-13(26)24(22-17(23)21-15)14(25)12-8-6-11(3)7-9-12/h6-9H,4-5,10H2,1-3H3,(H2,18,19,20,21,22). The molecule has 0 aliphatic carbocycles. The highest BCUT2D eigenvalue weighted by atomic mass is 32.1. The fourth-order valence-electron chi connectivity index (χ4n) is 2.52.